The zero-order chi connectivity index (χ0) is 16.4. The molecule has 1 aliphatic rings. The zero-order valence-electron chi connectivity index (χ0n) is 13.6. The Labute approximate surface area is 150 Å². The second kappa shape index (κ2) is 7.05. The summed E-state index contributed by atoms with van der Waals surface area (Å²) in [5.74, 6) is 0. The van der Waals surface area contributed by atoms with Gasteiger partial charge in [-0.3, -0.25) is 4.90 Å². The summed E-state index contributed by atoms with van der Waals surface area (Å²) in [6, 6.07) is 14.6. The lowest BCUT2D eigenvalue weighted by molar-refractivity contribution is 0.281. The maximum Gasteiger partial charge on any atom is 0.137 e. The molecule has 5 heteroatoms. The summed E-state index contributed by atoms with van der Waals surface area (Å²) in [5.41, 5.74) is 4.55. The van der Waals surface area contributed by atoms with Crippen molar-refractivity contribution in [3.8, 4) is 11.3 Å². The molecule has 0 radical (unpaired) electrons. The number of hydrogen-bond donors (Lipinski definition) is 1. The molecule has 0 unspecified atom stereocenters. The molecule has 3 aromatic rings. The summed E-state index contributed by atoms with van der Waals surface area (Å²) in [6.07, 6.45) is 3.32. The molecular weight excluding hydrogens is 364 g/mol. The second-order valence-electron chi connectivity index (χ2n) is 6.22. The molecule has 0 aliphatic carbocycles. The van der Waals surface area contributed by atoms with Gasteiger partial charge in [-0.25, -0.2) is 4.98 Å². The highest BCUT2D eigenvalue weighted by Gasteiger charge is 2.17. The van der Waals surface area contributed by atoms with Crippen LogP contribution in [0.1, 0.15) is 12.1 Å². The number of fused-ring (bicyclic) bond motifs is 1. The van der Waals surface area contributed by atoms with E-state index in [1.807, 2.05) is 6.07 Å². The molecule has 1 aromatic carbocycles. The van der Waals surface area contributed by atoms with Crippen LogP contribution in [0.5, 0.6) is 0 Å². The number of nitrogens with zero attached hydrogens (tertiary/aromatic N) is 3. The van der Waals surface area contributed by atoms with Gasteiger partial charge in [-0.15, -0.1) is 0 Å². The average Bonchev–Trinajstić information content (AvgIpc) is 2.78. The van der Waals surface area contributed by atoms with Crippen molar-refractivity contribution in [2.24, 2.45) is 0 Å². The minimum absolute atomic E-state index is 0.929. The molecule has 1 N–H and O–H groups in total. The molecule has 0 amide bonds. The molecular formula is C19H21BrN4. The van der Waals surface area contributed by atoms with Crippen LogP contribution in [-0.4, -0.2) is 40.5 Å². The van der Waals surface area contributed by atoms with Crippen molar-refractivity contribution in [1.82, 2.24) is 19.6 Å². The molecule has 0 spiro atoms. The van der Waals surface area contributed by atoms with Crippen molar-refractivity contribution in [2.75, 3.05) is 26.2 Å². The van der Waals surface area contributed by atoms with Crippen molar-refractivity contribution in [3.05, 3.63) is 58.8 Å². The lowest BCUT2D eigenvalue weighted by Gasteiger charge is -2.20. The van der Waals surface area contributed by atoms with Crippen molar-refractivity contribution < 1.29 is 0 Å². The third kappa shape index (κ3) is 3.24. The zero-order valence-corrected chi connectivity index (χ0v) is 15.2. The van der Waals surface area contributed by atoms with E-state index in [9.17, 15) is 0 Å². The molecule has 0 bridgehead atoms. The Hall–Kier alpha value is -1.69. The average molecular weight is 385 g/mol. The fraction of sp³-hybridized carbons (Fsp3) is 0.316. The molecule has 2 aromatic heterocycles. The first-order chi connectivity index (χ1) is 11.8. The van der Waals surface area contributed by atoms with Crippen molar-refractivity contribution in [3.63, 3.8) is 0 Å². The Morgan fingerprint density at radius 3 is 2.79 bits per heavy atom. The Bertz CT molecular complexity index is 817. The van der Waals surface area contributed by atoms with Gasteiger partial charge in [0.25, 0.3) is 0 Å². The lowest BCUT2D eigenvalue weighted by Crippen LogP contribution is -2.28. The minimum Gasteiger partial charge on any atom is -0.315 e. The number of benzene rings is 1. The number of aromatic nitrogens is 2. The Morgan fingerprint density at radius 2 is 1.92 bits per heavy atom. The molecule has 24 heavy (non-hydrogen) atoms. The van der Waals surface area contributed by atoms with E-state index < -0.39 is 0 Å². The van der Waals surface area contributed by atoms with Gasteiger partial charge in [0.2, 0.25) is 0 Å². The van der Waals surface area contributed by atoms with E-state index in [0.717, 1.165) is 48.5 Å². The molecule has 1 saturated heterocycles. The summed E-state index contributed by atoms with van der Waals surface area (Å²) in [7, 11) is 0. The van der Waals surface area contributed by atoms with Gasteiger partial charge >= 0.3 is 0 Å². The van der Waals surface area contributed by atoms with E-state index in [1.165, 1.54) is 17.7 Å². The number of imidazole rings is 1. The largest absolute Gasteiger partial charge is 0.315 e. The van der Waals surface area contributed by atoms with Gasteiger partial charge < -0.3 is 9.72 Å². The van der Waals surface area contributed by atoms with E-state index in [-0.39, 0.29) is 0 Å². The standard InChI is InChI=1S/C19H21BrN4/c20-16-7-5-15(6-8-16)19-17(14-23-11-3-9-21-10-13-23)24-12-2-1-4-18(24)22-19/h1-2,4-8,12,21H,3,9-11,13-14H2. The molecule has 1 aliphatic heterocycles. The summed E-state index contributed by atoms with van der Waals surface area (Å²) in [5, 5.41) is 3.48. The van der Waals surface area contributed by atoms with Gasteiger partial charge in [0, 0.05) is 35.9 Å². The van der Waals surface area contributed by atoms with E-state index in [2.05, 4.69) is 73.1 Å². The summed E-state index contributed by atoms with van der Waals surface area (Å²) in [4.78, 5) is 7.43. The first-order valence-corrected chi connectivity index (χ1v) is 9.25. The normalized spacial score (nSPS) is 16.4. The van der Waals surface area contributed by atoms with Crippen molar-refractivity contribution >= 4 is 21.6 Å². The van der Waals surface area contributed by atoms with Crippen LogP contribution in [0.2, 0.25) is 0 Å². The fourth-order valence-electron chi connectivity index (χ4n) is 3.31. The van der Waals surface area contributed by atoms with Crippen LogP contribution < -0.4 is 5.32 Å². The monoisotopic (exact) mass is 384 g/mol. The molecule has 4 nitrogen and oxygen atoms in total. The van der Waals surface area contributed by atoms with Gasteiger partial charge in [0.05, 0.1) is 11.4 Å². The Balaban J connectivity index is 1.76. The van der Waals surface area contributed by atoms with Gasteiger partial charge in [-0.05, 0) is 43.8 Å². The van der Waals surface area contributed by atoms with Crippen LogP contribution in [0.15, 0.2) is 53.1 Å². The van der Waals surface area contributed by atoms with Crippen LogP contribution in [-0.2, 0) is 6.54 Å². The molecule has 0 saturated carbocycles. The van der Waals surface area contributed by atoms with E-state index in [4.69, 9.17) is 4.98 Å². The van der Waals surface area contributed by atoms with Gasteiger partial charge in [-0.2, -0.15) is 0 Å². The lowest BCUT2D eigenvalue weighted by atomic mass is 10.1. The van der Waals surface area contributed by atoms with Crippen molar-refractivity contribution in [1.29, 1.82) is 0 Å². The molecule has 3 heterocycles. The molecule has 0 atom stereocenters. The number of rotatable bonds is 3. The van der Waals surface area contributed by atoms with Gasteiger partial charge in [0.1, 0.15) is 5.65 Å². The quantitative estimate of drug-likeness (QED) is 0.749. The molecule has 124 valence electrons. The maximum atomic E-state index is 4.91. The van der Waals surface area contributed by atoms with Crippen LogP contribution in [0, 0.1) is 0 Å². The molecule has 1 fully saturated rings. The topological polar surface area (TPSA) is 32.6 Å². The highest BCUT2D eigenvalue weighted by molar-refractivity contribution is 9.10. The third-order valence-corrected chi connectivity index (χ3v) is 5.08. The summed E-state index contributed by atoms with van der Waals surface area (Å²) >= 11 is 3.52. The smallest absolute Gasteiger partial charge is 0.137 e. The minimum atomic E-state index is 0.929. The highest BCUT2D eigenvalue weighted by atomic mass is 79.9. The van der Waals surface area contributed by atoms with Crippen LogP contribution in [0.4, 0.5) is 0 Å². The fourth-order valence-corrected chi connectivity index (χ4v) is 3.57. The Morgan fingerprint density at radius 1 is 1.04 bits per heavy atom. The van der Waals surface area contributed by atoms with Crippen molar-refractivity contribution in [2.45, 2.75) is 13.0 Å². The van der Waals surface area contributed by atoms with E-state index in [0.29, 0.717) is 0 Å². The van der Waals surface area contributed by atoms with E-state index >= 15 is 0 Å². The van der Waals surface area contributed by atoms with Crippen LogP contribution in [0.3, 0.4) is 0 Å². The first-order valence-electron chi connectivity index (χ1n) is 8.46. The van der Waals surface area contributed by atoms with Crippen LogP contribution in [0.25, 0.3) is 16.9 Å². The predicted octanol–water partition coefficient (Wildman–Crippen LogP) is 3.56. The summed E-state index contributed by atoms with van der Waals surface area (Å²) < 4.78 is 3.32. The third-order valence-electron chi connectivity index (χ3n) is 4.55. The van der Waals surface area contributed by atoms with Gasteiger partial charge in [0.15, 0.2) is 0 Å². The predicted molar refractivity (Wildman–Crippen MR) is 101 cm³/mol. The Kier molecular flexibility index (Phi) is 4.65. The number of pyridine rings is 1. The number of nitrogens with one attached hydrogen (secondary N) is 1. The van der Waals surface area contributed by atoms with Gasteiger partial charge in [-0.1, -0.05) is 34.1 Å². The number of halogens is 1. The SMILES string of the molecule is Brc1ccc(-c2nc3ccccn3c2CN2CCCNCC2)cc1. The molecule has 4 rings (SSSR count). The second-order valence-corrected chi connectivity index (χ2v) is 7.14. The van der Waals surface area contributed by atoms with E-state index in [1.54, 1.807) is 0 Å². The van der Waals surface area contributed by atoms with Crippen LogP contribution >= 0.6 is 15.9 Å². The summed E-state index contributed by atoms with van der Waals surface area (Å²) in [6.45, 7) is 5.32. The number of hydrogen-bond acceptors (Lipinski definition) is 3. The maximum absolute atomic E-state index is 4.91. The first kappa shape index (κ1) is 15.8. The highest BCUT2D eigenvalue weighted by Crippen LogP contribution is 2.27.